The number of fused-ring (bicyclic) bond motifs is 2. The summed E-state index contributed by atoms with van der Waals surface area (Å²) in [6, 6.07) is 0. The summed E-state index contributed by atoms with van der Waals surface area (Å²) < 4.78 is 0. The molecule has 2 fully saturated rings. The molecule has 3 N–H and O–H groups in total. The van der Waals surface area contributed by atoms with Crippen LogP contribution in [0.4, 0.5) is 0 Å². The van der Waals surface area contributed by atoms with Gasteiger partial charge in [-0.2, -0.15) is 5.10 Å². The van der Waals surface area contributed by atoms with E-state index in [2.05, 4.69) is 5.10 Å². The first-order valence-electron chi connectivity index (χ1n) is 4.19. The van der Waals surface area contributed by atoms with E-state index in [1.54, 1.807) is 0 Å². The largest absolute Gasteiger partial charge is 0.481 e. The molecule has 0 radical (unpaired) electrons. The van der Waals surface area contributed by atoms with Gasteiger partial charge in [0.25, 0.3) is 0 Å². The van der Waals surface area contributed by atoms with Crippen molar-refractivity contribution >= 4 is 11.7 Å². The molecule has 2 saturated carbocycles. The quantitative estimate of drug-likeness (QED) is 0.444. The molecule has 66 valence electrons. The Kier molecular flexibility index (Phi) is 1.40. The van der Waals surface area contributed by atoms with E-state index in [4.69, 9.17) is 10.9 Å². The zero-order chi connectivity index (χ0) is 8.77. The third-order valence-corrected chi connectivity index (χ3v) is 3.22. The number of hydrazone groups is 1. The van der Waals surface area contributed by atoms with Crippen LogP contribution in [0.25, 0.3) is 0 Å². The molecule has 0 aromatic heterocycles. The van der Waals surface area contributed by atoms with Crippen molar-refractivity contribution in [1.82, 2.24) is 0 Å². The predicted molar refractivity (Wildman–Crippen MR) is 43.6 cm³/mol. The van der Waals surface area contributed by atoms with Gasteiger partial charge in [-0.15, -0.1) is 0 Å². The van der Waals surface area contributed by atoms with Gasteiger partial charge in [0.1, 0.15) is 5.41 Å². The average molecular weight is 168 g/mol. The van der Waals surface area contributed by atoms with Crippen molar-refractivity contribution in [2.24, 2.45) is 22.3 Å². The number of hydrogen-bond acceptors (Lipinski definition) is 3. The highest BCUT2D eigenvalue weighted by Crippen LogP contribution is 2.52. The highest BCUT2D eigenvalue weighted by molar-refractivity contribution is 6.08. The SMILES string of the molecule is N/N=C1/C[C@@H]2CC[C@]1(C(=O)O)C2. The summed E-state index contributed by atoms with van der Waals surface area (Å²) in [5, 5.41) is 12.7. The van der Waals surface area contributed by atoms with Gasteiger partial charge < -0.3 is 10.9 Å². The number of rotatable bonds is 1. The van der Waals surface area contributed by atoms with Gasteiger partial charge in [-0.3, -0.25) is 4.79 Å². The molecule has 4 nitrogen and oxygen atoms in total. The summed E-state index contributed by atoms with van der Waals surface area (Å²) in [4.78, 5) is 11.0. The van der Waals surface area contributed by atoms with E-state index in [0.717, 1.165) is 25.7 Å². The van der Waals surface area contributed by atoms with Crippen LogP contribution in [0, 0.1) is 11.3 Å². The number of nitrogens with zero attached hydrogens (tertiary/aromatic N) is 1. The molecule has 2 atom stereocenters. The molecular weight excluding hydrogens is 156 g/mol. The van der Waals surface area contributed by atoms with Crippen molar-refractivity contribution in [3.8, 4) is 0 Å². The van der Waals surface area contributed by atoms with Gasteiger partial charge in [0.15, 0.2) is 0 Å². The summed E-state index contributed by atoms with van der Waals surface area (Å²) >= 11 is 0. The van der Waals surface area contributed by atoms with Gasteiger partial charge in [-0.05, 0) is 31.6 Å². The van der Waals surface area contributed by atoms with Crippen LogP contribution in [-0.4, -0.2) is 16.8 Å². The van der Waals surface area contributed by atoms with Crippen LogP contribution in [0.5, 0.6) is 0 Å². The lowest BCUT2D eigenvalue weighted by Gasteiger charge is -2.21. The maximum atomic E-state index is 11.0. The third kappa shape index (κ3) is 0.722. The fourth-order valence-electron chi connectivity index (χ4n) is 2.55. The molecule has 0 saturated heterocycles. The summed E-state index contributed by atoms with van der Waals surface area (Å²) in [7, 11) is 0. The van der Waals surface area contributed by atoms with Gasteiger partial charge in [-0.1, -0.05) is 0 Å². The van der Waals surface area contributed by atoms with Crippen LogP contribution in [0.15, 0.2) is 5.10 Å². The molecule has 2 aliphatic carbocycles. The van der Waals surface area contributed by atoms with Crippen molar-refractivity contribution < 1.29 is 9.90 Å². The molecule has 2 rings (SSSR count). The van der Waals surface area contributed by atoms with Gasteiger partial charge in [0, 0.05) is 0 Å². The average Bonchev–Trinajstić information content (AvgIpc) is 2.60. The van der Waals surface area contributed by atoms with E-state index >= 15 is 0 Å². The number of carboxylic acids is 1. The van der Waals surface area contributed by atoms with E-state index in [9.17, 15) is 4.79 Å². The highest BCUT2D eigenvalue weighted by Gasteiger charge is 2.55. The first-order chi connectivity index (χ1) is 5.69. The molecule has 0 spiro atoms. The summed E-state index contributed by atoms with van der Waals surface area (Å²) in [6.45, 7) is 0. The highest BCUT2D eigenvalue weighted by atomic mass is 16.4. The minimum Gasteiger partial charge on any atom is -0.481 e. The summed E-state index contributed by atoms with van der Waals surface area (Å²) in [6.07, 6.45) is 3.29. The van der Waals surface area contributed by atoms with Crippen LogP contribution >= 0.6 is 0 Å². The second kappa shape index (κ2) is 2.21. The summed E-state index contributed by atoms with van der Waals surface area (Å²) in [5.74, 6) is 4.94. The van der Waals surface area contributed by atoms with Crippen molar-refractivity contribution in [1.29, 1.82) is 0 Å². The van der Waals surface area contributed by atoms with E-state index in [1.165, 1.54) is 0 Å². The Hall–Kier alpha value is -1.06. The van der Waals surface area contributed by atoms with E-state index in [1.807, 2.05) is 0 Å². The molecule has 0 aromatic rings. The van der Waals surface area contributed by atoms with Crippen molar-refractivity contribution in [2.75, 3.05) is 0 Å². The maximum Gasteiger partial charge on any atom is 0.315 e. The number of nitrogens with two attached hydrogens (primary N) is 1. The zero-order valence-corrected chi connectivity index (χ0v) is 6.79. The van der Waals surface area contributed by atoms with E-state index < -0.39 is 11.4 Å². The number of aliphatic carboxylic acids is 1. The third-order valence-electron chi connectivity index (χ3n) is 3.22. The van der Waals surface area contributed by atoms with Gasteiger partial charge in [0.2, 0.25) is 0 Å². The minimum atomic E-state index is -0.744. The molecule has 2 aliphatic rings. The second-order valence-corrected chi connectivity index (χ2v) is 3.78. The smallest absolute Gasteiger partial charge is 0.315 e. The Morgan fingerprint density at radius 1 is 1.75 bits per heavy atom. The van der Waals surface area contributed by atoms with Crippen molar-refractivity contribution in [3.63, 3.8) is 0 Å². The Labute approximate surface area is 70.4 Å². The molecule has 0 aromatic carbocycles. The van der Waals surface area contributed by atoms with Crippen LogP contribution < -0.4 is 5.84 Å². The molecule has 4 heteroatoms. The second-order valence-electron chi connectivity index (χ2n) is 3.78. The first kappa shape index (κ1) is 7.58. The Balaban J connectivity index is 2.39. The Morgan fingerprint density at radius 3 is 2.92 bits per heavy atom. The molecule has 2 bridgehead atoms. The standard InChI is InChI=1S/C8H12N2O2/c9-10-6-3-5-1-2-8(6,4-5)7(11)12/h5H,1-4,9H2,(H,11,12)/b10-6-/t5-,8-/m0/s1. The minimum absolute atomic E-state index is 0.517. The number of carbonyl (C=O) groups is 1. The van der Waals surface area contributed by atoms with Gasteiger partial charge in [-0.25, -0.2) is 0 Å². The molecule has 12 heavy (non-hydrogen) atoms. The Morgan fingerprint density at radius 2 is 2.50 bits per heavy atom. The van der Waals surface area contributed by atoms with E-state index in [0.29, 0.717) is 11.6 Å². The molecule has 0 heterocycles. The van der Waals surface area contributed by atoms with Crippen LogP contribution in [-0.2, 0) is 4.79 Å². The fourth-order valence-corrected chi connectivity index (χ4v) is 2.55. The van der Waals surface area contributed by atoms with E-state index in [-0.39, 0.29) is 0 Å². The normalized spacial score (nSPS) is 42.3. The summed E-state index contributed by atoms with van der Waals surface area (Å²) in [5.41, 5.74) is 0.0191. The lowest BCUT2D eigenvalue weighted by Crippen LogP contribution is -2.35. The van der Waals surface area contributed by atoms with Crippen LogP contribution in [0.3, 0.4) is 0 Å². The fraction of sp³-hybridized carbons (Fsp3) is 0.750. The lowest BCUT2D eigenvalue weighted by molar-refractivity contribution is -0.144. The first-order valence-corrected chi connectivity index (χ1v) is 4.19. The van der Waals surface area contributed by atoms with Crippen LogP contribution in [0.2, 0.25) is 0 Å². The topological polar surface area (TPSA) is 75.7 Å². The number of hydrogen-bond donors (Lipinski definition) is 2. The molecule has 0 aliphatic heterocycles. The van der Waals surface area contributed by atoms with Crippen LogP contribution in [0.1, 0.15) is 25.7 Å². The van der Waals surface area contributed by atoms with Gasteiger partial charge in [0.05, 0.1) is 5.71 Å². The van der Waals surface area contributed by atoms with Crippen molar-refractivity contribution in [3.05, 3.63) is 0 Å². The lowest BCUT2D eigenvalue weighted by atomic mass is 9.82. The predicted octanol–water partition coefficient (Wildman–Crippen LogP) is 0.576. The monoisotopic (exact) mass is 168 g/mol. The molecular formula is C8H12N2O2. The number of carboxylic acid groups (broad SMARTS) is 1. The molecule has 0 amide bonds. The zero-order valence-electron chi connectivity index (χ0n) is 6.79. The maximum absolute atomic E-state index is 11.0. The van der Waals surface area contributed by atoms with Crippen molar-refractivity contribution in [2.45, 2.75) is 25.7 Å². The molecule has 0 unspecified atom stereocenters. The van der Waals surface area contributed by atoms with Gasteiger partial charge >= 0.3 is 5.97 Å². The Bertz CT molecular complexity index is 262.